The fourth-order valence-corrected chi connectivity index (χ4v) is 2.27. The molecule has 1 aliphatic rings. The molecule has 1 saturated carbocycles. The summed E-state index contributed by atoms with van der Waals surface area (Å²) >= 11 is 11.7. The van der Waals surface area contributed by atoms with Gasteiger partial charge in [0.2, 0.25) is 5.28 Å². The average molecular weight is 246 g/mol. The molecular weight excluding hydrogens is 233 g/mol. The second-order valence-electron chi connectivity index (χ2n) is 4.23. The standard InChI is InChI=1S/C10H13Cl2N3/c1-10(4-2-3-5-10)15-8-7(11)6-13-9(12)14-8/h6H,2-5H2,1H3,(H,13,14,15). The Kier molecular flexibility index (Phi) is 3.03. The van der Waals surface area contributed by atoms with Gasteiger partial charge in [-0.15, -0.1) is 0 Å². The summed E-state index contributed by atoms with van der Waals surface area (Å²) in [5.74, 6) is 0.640. The number of nitrogens with zero attached hydrogens (tertiary/aromatic N) is 2. The molecule has 1 aromatic rings. The van der Waals surface area contributed by atoms with Crippen LogP contribution in [-0.4, -0.2) is 15.5 Å². The Balaban J connectivity index is 2.19. The highest BCUT2D eigenvalue weighted by Gasteiger charge is 2.29. The maximum absolute atomic E-state index is 5.99. The minimum Gasteiger partial charge on any atom is -0.364 e. The normalized spacial score (nSPS) is 19.1. The van der Waals surface area contributed by atoms with Crippen molar-refractivity contribution in [3.63, 3.8) is 0 Å². The summed E-state index contributed by atoms with van der Waals surface area (Å²) in [6.45, 7) is 2.19. The van der Waals surface area contributed by atoms with E-state index in [0.29, 0.717) is 10.8 Å². The molecule has 0 aromatic carbocycles. The Morgan fingerprint density at radius 3 is 2.67 bits per heavy atom. The lowest BCUT2D eigenvalue weighted by atomic mass is 10.0. The Morgan fingerprint density at radius 2 is 2.00 bits per heavy atom. The van der Waals surface area contributed by atoms with Gasteiger partial charge in [0.1, 0.15) is 10.8 Å². The number of halogens is 2. The first-order valence-electron chi connectivity index (χ1n) is 5.05. The van der Waals surface area contributed by atoms with Crippen LogP contribution in [0.25, 0.3) is 0 Å². The highest BCUT2D eigenvalue weighted by Crippen LogP contribution is 2.33. The molecule has 1 fully saturated rings. The first-order chi connectivity index (χ1) is 7.09. The molecule has 15 heavy (non-hydrogen) atoms. The molecule has 0 bridgehead atoms. The summed E-state index contributed by atoms with van der Waals surface area (Å²) in [6.07, 6.45) is 6.31. The zero-order valence-corrected chi connectivity index (χ0v) is 10.1. The molecule has 1 N–H and O–H groups in total. The average Bonchev–Trinajstić information content (AvgIpc) is 2.59. The van der Waals surface area contributed by atoms with Gasteiger partial charge in [-0.05, 0) is 31.4 Å². The second kappa shape index (κ2) is 4.14. The molecule has 0 amide bonds. The molecule has 0 radical (unpaired) electrons. The van der Waals surface area contributed by atoms with Gasteiger partial charge in [-0.3, -0.25) is 0 Å². The summed E-state index contributed by atoms with van der Waals surface area (Å²) in [5.41, 5.74) is 0.0985. The zero-order chi connectivity index (χ0) is 10.9. The van der Waals surface area contributed by atoms with E-state index in [1.54, 1.807) is 0 Å². The van der Waals surface area contributed by atoms with Crippen molar-refractivity contribution in [1.82, 2.24) is 9.97 Å². The van der Waals surface area contributed by atoms with Crippen LogP contribution in [0.3, 0.4) is 0 Å². The van der Waals surface area contributed by atoms with E-state index < -0.39 is 0 Å². The summed E-state index contributed by atoms with van der Waals surface area (Å²) < 4.78 is 0. The molecule has 2 rings (SSSR count). The molecule has 0 spiro atoms. The van der Waals surface area contributed by atoms with Crippen LogP contribution in [0.1, 0.15) is 32.6 Å². The van der Waals surface area contributed by atoms with E-state index >= 15 is 0 Å². The van der Waals surface area contributed by atoms with Crippen LogP contribution in [0, 0.1) is 0 Å². The van der Waals surface area contributed by atoms with Crippen molar-refractivity contribution in [2.24, 2.45) is 0 Å². The van der Waals surface area contributed by atoms with E-state index in [4.69, 9.17) is 23.2 Å². The predicted octanol–water partition coefficient (Wildman–Crippen LogP) is 3.53. The number of aromatic nitrogens is 2. The number of rotatable bonds is 2. The SMILES string of the molecule is CC1(Nc2nc(Cl)ncc2Cl)CCCC1. The lowest BCUT2D eigenvalue weighted by Gasteiger charge is -2.26. The monoisotopic (exact) mass is 245 g/mol. The third-order valence-corrected chi connectivity index (χ3v) is 3.30. The van der Waals surface area contributed by atoms with Crippen LogP contribution in [0.2, 0.25) is 10.3 Å². The minimum absolute atomic E-state index is 0.0985. The van der Waals surface area contributed by atoms with E-state index in [-0.39, 0.29) is 10.8 Å². The van der Waals surface area contributed by atoms with E-state index in [1.165, 1.54) is 19.0 Å². The van der Waals surface area contributed by atoms with Gasteiger partial charge in [-0.25, -0.2) is 4.98 Å². The van der Waals surface area contributed by atoms with E-state index in [2.05, 4.69) is 22.2 Å². The molecular formula is C10H13Cl2N3. The predicted molar refractivity (Wildman–Crippen MR) is 62.5 cm³/mol. The molecule has 3 nitrogen and oxygen atoms in total. The number of hydrogen-bond acceptors (Lipinski definition) is 3. The second-order valence-corrected chi connectivity index (χ2v) is 4.97. The van der Waals surface area contributed by atoms with Gasteiger partial charge in [-0.2, -0.15) is 4.98 Å². The topological polar surface area (TPSA) is 37.8 Å². The zero-order valence-electron chi connectivity index (χ0n) is 8.56. The molecule has 0 atom stereocenters. The molecule has 5 heteroatoms. The summed E-state index contributed by atoms with van der Waals surface area (Å²) in [6, 6.07) is 0. The highest BCUT2D eigenvalue weighted by atomic mass is 35.5. The smallest absolute Gasteiger partial charge is 0.224 e. The summed E-state index contributed by atoms with van der Waals surface area (Å²) in [5, 5.41) is 4.11. The maximum Gasteiger partial charge on any atom is 0.224 e. The van der Waals surface area contributed by atoms with Gasteiger partial charge in [0, 0.05) is 5.54 Å². The fourth-order valence-electron chi connectivity index (χ4n) is 2.00. The maximum atomic E-state index is 5.99. The Hall–Kier alpha value is -0.540. The van der Waals surface area contributed by atoms with Gasteiger partial charge >= 0.3 is 0 Å². The lowest BCUT2D eigenvalue weighted by Crippen LogP contribution is -2.31. The number of nitrogens with one attached hydrogen (secondary N) is 1. The van der Waals surface area contributed by atoms with Gasteiger partial charge in [0.25, 0.3) is 0 Å². The van der Waals surface area contributed by atoms with Gasteiger partial charge < -0.3 is 5.32 Å². The van der Waals surface area contributed by atoms with Crippen LogP contribution in [0.15, 0.2) is 6.20 Å². The van der Waals surface area contributed by atoms with E-state index in [1.807, 2.05) is 0 Å². The van der Waals surface area contributed by atoms with Crippen LogP contribution >= 0.6 is 23.2 Å². The van der Waals surface area contributed by atoms with Crippen molar-refractivity contribution >= 4 is 29.0 Å². The van der Waals surface area contributed by atoms with Crippen molar-refractivity contribution in [1.29, 1.82) is 0 Å². The minimum atomic E-state index is 0.0985. The Morgan fingerprint density at radius 1 is 1.33 bits per heavy atom. The molecule has 0 saturated heterocycles. The first-order valence-corrected chi connectivity index (χ1v) is 5.81. The molecule has 1 heterocycles. The van der Waals surface area contributed by atoms with Gasteiger partial charge in [0.15, 0.2) is 0 Å². The fraction of sp³-hybridized carbons (Fsp3) is 0.600. The molecule has 0 unspecified atom stereocenters. The quantitative estimate of drug-likeness (QED) is 0.811. The largest absolute Gasteiger partial charge is 0.364 e. The molecule has 1 aliphatic carbocycles. The number of anilines is 1. The Bertz CT molecular complexity index is 362. The van der Waals surface area contributed by atoms with Crippen molar-refractivity contribution in [3.05, 3.63) is 16.5 Å². The summed E-state index contributed by atoms with van der Waals surface area (Å²) in [7, 11) is 0. The first kappa shape index (κ1) is 11.0. The van der Waals surface area contributed by atoms with E-state index in [0.717, 1.165) is 12.8 Å². The third kappa shape index (κ3) is 2.52. The van der Waals surface area contributed by atoms with Gasteiger partial charge in [-0.1, -0.05) is 24.4 Å². The van der Waals surface area contributed by atoms with Crippen molar-refractivity contribution in [2.75, 3.05) is 5.32 Å². The van der Waals surface area contributed by atoms with Crippen molar-refractivity contribution in [2.45, 2.75) is 38.1 Å². The van der Waals surface area contributed by atoms with Crippen LogP contribution in [-0.2, 0) is 0 Å². The Labute approximate surface area is 99.2 Å². The van der Waals surface area contributed by atoms with Crippen molar-refractivity contribution < 1.29 is 0 Å². The van der Waals surface area contributed by atoms with Gasteiger partial charge in [0.05, 0.1) is 6.20 Å². The van der Waals surface area contributed by atoms with Crippen molar-refractivity contribution in [3.8, 4) is 0 Å². The lowest BCUT2D eigenvalue weighted by molar-refractivity contribution is 0.531. The van der Waals surface area contributed by atoms with Crippen LogP contribution in [0.4, 0.5) is 5.82 Å². The van der Waals surface area contributed by atoms with Crippen LogP contribution in [0.5, 0.6) is 0 Å². The molecule has 0 aliphatic heterocycles. The molecule has 1 aromatic heterocycles. The van der Waals surface area contributed by atoms with Crippen LogP contribution < -0.4 is 5.32 Å². The summed E-state index contributed by atoms with van der Waals surface area (Å²) in [4.78, 5) is 7.91. The third-order valence-electron chi connectivity index (χ3n) is 2.84. The molecule has 82 valence electrons. The number of hydrogen-bond donors (Lipinski definition) is 1. The van der Waals surface area contributed by atoms with E-state index in [9.17, 15) is 0 Å². The highest BCUT2D eigenvalue weighted by molar-refractivity contribution is 6.33.